The highest BCUT2D eigenvalue weighted by Gasteiger charge is 2.14. The quantitative estimate of drug-likeness (QED) is 0.211. The Morgan fingerprint density at radius 2 is 1.17 bits per heavy atom. The highest BCUT2D eigenvalue weighted by molar-refractivity contribution is 5.69. The number of unbranched alkanes of at least 4 members (excludes halogenated alkanes) is 9. The van der Waals surface area contributed by atoms with E-state index in [1.54, 1.807) is 0 Å². The number of ether oxygens (including phenoxy) is 1. The van der Waals surface area contributed by atoms with Gasteiger partial charge in [0.1, 0.15) is 0 Å². The van der Waals surface area contributed by atoms with E-state index in [0.29, 0.717) is 18.9 Å². The van der Waals surface area contributed by atoms with Crippen molar-refractivity contribution in [2.75, 3.05) is 6.61 Å². The monoisotopic (exact) mass is 326 g/mol. The molecule has 0 radical (unpaired) electrons. The van der Waals surface area contributed by atoms with Crippen LogP contribution in [0.1, 0.15) is 117 Å². The Morgan fingerprint density at radius 1 is 0.696 bits per heavy atom. The van der Waals surface area contributed by atoms with Crippen LogP contribution in [0.25, 0.3) is 0 Å². The predicted octanol–water partition coefficient (Wildman–Crippen LogP) is 7.06. The van der Waals surface area contributed by atoms with E-state index in [0.717, 1.165) is 6.42 Å². The molecular weight excluding hydrogens is 284 g/mol. The molecule has 2 heteroatoms. The summed E-state index contributed by atoms with van der Waals surface area (Å²) in [5.74, 6) is 0.587. The van der Waals surface area contributed by atoms with Crippen molar-refractivity contribution >= 4 is 5.97 Å². The van der Waals surface area contributed by atoms with E-state index in [4.69, 9.17) is 4.74 Å². The molecule has 0 aromatic rings. The normalized spacial score (nSPS) is 11.1. The highest BCUT2D eigenvalue weighted by Crippen LogP contribution is 2.22. The van der Waals surface area contributed by atoms with Gasteiger partial charge in [-0.25, -0.2) is 0 Å². The standard InChI is InChI=1S/C21H42O2/c1-4-7-10-13-16-20(17-14-11-8-5-2)19-21(22)23-18-15-12-9-6-3/h20H,4-19H2,1-3H3. The minimum absolute atomic E-state index is 0.0393. The molecule has 0 N–H and O–H groups in total. The lowest BCUT2D eigenvalue weighted by molar-refractivity contribution is -0.145. The lowest BCUT2D eigenvalue weighted by Gasteiger charge is -2.16. The van der Waals surface area contributed by atoms with Crippen LogP contribution in [-0.2, 0) is 9.53 Å². The van der Waals surface area contributed by atoms with Gasteiger partial charge in [-0.05, 0) is 25.2 Å². The number of hydrogen-bond acceptors (Lipinski definition) is 2. The molecule has 0 rings (SSSR count). The highest BCUT2D eigenvalue weighted by atomic mass is 16.5. The fraction of sp³-hybridized carbons (Fsp3) is 0.952. The molecule has 23 heavy (non-hydrogen) atoms. The van der Waals surface area contributed by atoms with Crippen molar-refractivity contribution in [3.05, 3.63) is 0 Å². The third kappa shape index (κ3) is 16.1. The molecule has 0 unspecified atom stereocenters. The number of carbonyl (C=O) groups is 1. The predicted molar refractivity (Wildman–Crippen MR) is 101 cm³/mol. The van der Waals surface area contributed by atoms with Crippen molar-refractivity contribution in [2.45, 2.75) is 117 Å². The zero-order valence-electron chi connectivity index (χ0n) is 16.2. The van der Waals surface area contributed by atoms with Crippen LogP contribution in [0, 0.1) is 5.92 Å². The van der Waals surface area contributed by atoms with Crippen LogP contribution in [0.15, 0.2) is 0 Å². The van der Waals surface area contributed by atoms with Gasteiger partial charge in [-0.2, -0.15) is 0 Å². The van der Waals surface area contributed by atoms with E-state index in [9.17, 15) is 4.79 Å². The molecule has 138 valence electrons. The summed E-state index contributed by atoms with van der Waals surface area (Å²) in [6.45, 7) is 7.32. The van der Waals surface area contributed by atoms with Crippen LogP contribution >= 0.6 is 0 Å². The van der Waals surface area contributed by atoms with Gasteiger partial charge >= 0.3 is 5.97 Å². The lowest BCUT2D eigenvalue weighted by Crippen LogP contribution is -2.13. The van der Waals surface area contributed by atoms with Gasteiger partial charge in [-0.15, -0.1) is 0 Å². The summed E-state index contributed by atoms with van der Waals surface area (Å²) in [6.07, 6.45) is 18.1. The third-order valence-corrected chi connectivity index (χ3v) is 4.65. The number of rotatable bonds is 17. The van der Waals surface area contributed by atoms with E-state index < -0.39 is 0 Å². The maximum Gasteiger partial charge on any atom is 0.306 e. The molecule has 0 aliphatic heterocycles. The Hall–Kier alpha value is -0.530. The summed E-state index contributed by atoms with van der Waals surface area (Å²) in [4.78, 5) is 12.0. The maximum absolute atomic E-state index is 12.0. The van der Waals surface area contributed by atoms with Crippen LogP contribution in [0.4, 0.5) is 0 Å². The van der Waals surface area contributed by atoms with Crippen molar-refractivity contribution in [2.24, 2.45) is 5.92 Å². The summed E-state index contributed by atoms with van der Waals surface area (Å²) in [6, 6.07) is 0. The third-order valence-electron chi connectivity index (χ3n) is 4.65. The Bertz CT molecular complexity index is 238. The lowest BCUT2D eigenvalue weighted by atomic mass is 9.92. The van der Waals surface area contributed by atoms with Crippen LogP contribution in [0.2, 0.25) is 0 Å². The first-order valence-corrected chi connectivity index (χ1v) is 10.4. The fourth-order valence-corrected chi connectivity index (χ4v) is 3.08. The molecule has 0 spiro atoms. The van der Waals surface area contributed by atoms with Crippen LogP contribution in [0.3, 0.4) is 0 Å². The molecule has 0 saturated carbocycles. The van der Waals surface area contributed by atoms with E-state index in [1.807, 2.05) is 0 Å². The second-order valence-electron chi connectivity index (χ2n) is 7.05. The molecular formula is C21H42O2. The molecule has 2 nitrogen and oxygen atoms in total. The largest absolute Gasteiger partial charge is 0.466 e. The Morgan fingerprint density at radius 3 is 1.65 bits per heavy atom. The summed E-state index contributed by atoms with van der Waals surface area (Å²) < 4.78 is 5.44. The molecule has 0 aliphatic rings. The van der Waals surface area contributed by atoms with E-state index in [2.05, 4.69) is 20.8 Å². The summed E-state index contributed by atoms with van der Waals surface area (Å²) >= 11 is 0. The zero-order valence-corrected chi connectivity index (χ0v) is 16.2. The second kappa shape index (κ2) is 17.8. The van der Waals surface area contributed by atoms with E-state index in [-0.39, 0.29) is 5.97 Å². The van der Waals surface area contributed by atoms with Crippen molar-refractivity contribution in [3.63, 3.8) is 0 Å². The zero-order chi connectivity index (χ0) is 17.2. The second-order valence-corrected chi connectivity index (χ2v) is 7.05. The Kier molecular flexibility index (Phi) is 17.4. The first-order chi connectivity index (χ1) is 11.2. The first kappa shape index (κ1) is 22.5. The average molecular weight is 327 g/mol. The number of hydrogen-bond donors (Lipinski definition) is 0. The van der Waals surface area contributed by atoms with Crippen molar-refractivity contribution in [1.82, 2.24) is 0 Å². The topological polar surface area (TPSA) is 26.3 Å². The van der Waals surface area contributed by atoms with Gasteiger partial charge in [-0.1, -0.05) is 91.4 Å². The Balaban J connectivity index is 3.92. The molecule has 0 heterocycles. The summed E-state index contributed by atoms with van der Waals surface area (Å²) in [7, 11) is 0. The number of esters is 1. The molecule has 0 fully saturated rings. The van der Waals surface area contributed by atoms with E-state index >= 15 is 0 Å². The van der Waals surface area contributed by atoms with Gasteiger partial charge in [0, 0.05) is 6.42 Å². The van der Waals surface area contributed by atoms with Crippen LogP contribution < -0.4 is 0 Å². The molecule has 0 saturated heterocycles. The van der Waals surface area contributed by atoms with Gasteiger partial charge in [0.15, 0.2) is 0 Å². The van der Waals surface area contributed by atoms with Crippen LogP contribution in [-0.4, -0.2) is 12.6 Å². The summed E-state index contributed by atoms with van der Waals surface area (Å²) in [5, 5.41) is 0. The van der Waals surface area contributed by atoms with Crippen molar-refractivity contribution in [1.29, 1.82) is 0 Å². The van der Waals surface area contributed by atoms with Crippen LogP contribution in [0.5, 0.6) is 0 Å². The van der Waals surface area contributed by atoms with Gasteiger partial charge in [-0.3, -0.25) is 4.79 Å². The van der Waals surface area contributed by atoms with Gasteiger partial charge in [0.2, 0.25) is 0 Å². The van der Waals surface area contributed by atoms with E-state index in [1.165, 1.54) is 83.5 Å². The maximum atomic E-state index is 12.0. The van der Waals surface area contributed by atoms with Gasteiger partial charge in [0.25, 0.3) is 0 Å². The van der Waals surface area contributed by atoms with Gasteiger partial charge in [0.05, 0.1) is 6.61 Å². The average Bonchev–Trinajstić information content (AvgIpc) is 2.55. The SMILES string of the molecule is CCCCCCOC(=O)CC(CCCCCC)CCCCCC. The summed E-state index contributed by atoms with van der Waals surface area (Å²) in [5.41, 5.74) is 0. The minimum atomic E-state index is 0.0393. The van der Waals surface area contributed by atoms with Gasteiger partial charge < -0.3 is 4.74 Å². The van der Waals surface area contributed by atoms with Crippen molar-refractivity contribution in [3.8, 4) is 0 Å². The number of carbonyl (C=O) groups excluding carboxylic acids is 1. The molecule has 0 aromatic heterocycles. The Labute approximate surface area is 145 Å². The van der Waals surface area contributed by atoms with Crippen molar-refractivity contribution < 1.29 is 9.53 Å². The molecule has 0 aliphatic carbocycles. The minimum Gasteiger partial charge on any atom is -0.466 e. The fourth-order valence-electron chi connectivity index (χ4n) is 3.08. The molecule has 0 amide bonds. The molecule has 0 atom stereocenters. The smallest absolute Gasteiger partial charge is 0.306 e. The molecule has 0 bridgehead atoms. The molecule has 0 aromatic carbocycles. The first-order valence-electron chi connectivity index (χ1n) is 10.4.